The Morgan fingerprint density at radius 3 is 2.63 bits per heavy atom. The number of halogens is 3. The lowest BCUT2D eigenvalue weighted by atomic mass is 10.3. The number of anilines is 1. The summed E-state index contributed by atoms with van der Waals surface area (Å²) in [6.07, 6.45) is -3.32. The predicted molar refractivity (Wildman–Crippen MR) is 61.9 cm³/mol. The number of hydrogen-bond acceptors (Lipinski definition) is 4. The molecule has 0 bridgehead atoms. The fraction of sp³-hybridized carbons (Fsp3) is 0.273. The van der Waals surface area contributed by atoms with Gasteiger partial charge in [0.2, 0.25) is 5.88 Å². The van der Waals surface area contributed by atoms with Gasteiger partial charge < -0.3 is 10.5 Å². The Labute approximate surface area is 106 Å². The molecule has 2 N–H and O–H groups in total. The Bertz CT molecular complexity index is 562. The zero-order valence-corrected chi connectivity index (χ0v) is 9.98. The van der Waals surface area contributed by atoms with Crippen LogP contribution in [0.1, 0.15) is 12.6 Å². The molecule has 0 unspecified atom stereocenters. The number of rotatable bonds is 3. The fourth-order valence-corrected chi connectivity index (χ4v) is 1.50. The van der Waals surface area contributed by atoms with Crippen LogP contribution in [0.5, 0.6) is 5.88 Å². The van der Waals surface area contributed by atoms with Gasteiger partial charge in [-0.25, -0.2) is 9.67 Å². The minimum Gasteiger partial charge on any atom is -0.477 e. The Balaban J connectivity index is 2.51. The molecule has 0 saturated carbocycles. The number of nitrogens with zero attached hydrogens (tertiary/aromatic N) is 3. The molecule has 0 spiro atoms. The second-order valence-corrected chi connectivity index (χ2v) is 3.65. The first-order valence-electron chi connectivity index (χ1n) is 5.43. The second kappa shape index (κ2) is 4.79. The number of nitrogens with two attached hydrogens (primary N) is 1. The fourth-order valence-electron chi connectivity index (χ4n) is 1.50. The van der Waals surface area contributed by atoms with Crippen LogP contribution in [0.15, 0.2) is 24.4 Å². The molecule has 2 aromatic heterocycles. The van der Waals surface area contributed by atoms with Crippen molar-refractivity contribution < 1.29 is 17.9 Å². The molecule has 2 rings (SSSR count). The van der Waals surface area contributed by atoms with Crippen molar-refractivity contribution >= 4 is 5.82 Å². The highest BCUT2D eigenvalue weighted by molar-refractivity contribution is 5.39. The number of pyridine rings is 1. The van der Waals surface area contributed by atoms with Gasteiger partial charge in [-0.2, -0.15) is 13.2 Å². The number of aromatic nitrogens is 3. The molecule has 102 valence electrons. The monoisotopic (exact) mass is 272 g/mol. The van der Waals surface area contributed by atoms with E-state index in [1.54, 1.807) is 6.92 Å². The second-order valence-electron chi connectivity index (χ2n) is 3.65. The van der Waals surface area contributed by atoms with Crippen molar-refractivity contribution in [2.75, 3.05) is 12.3 Å². The van der Waals surface area contributed by atoms with E-state index in [0.717, 1.165) is 10.7 Å². The van der Waals surface area contributed by atoms with E-state index in [1.807, 2.05) is 0 Å². The minimum absolute atomic E-state index is 0.0911. The molecular weight excluding hydrogens is 261 g/mol. The van der Waals surface area contributed by atoms with Gasteiger partial charge in [0.25, 0.3) is 0 Å². The Morgan fingerprint density at radius 1 is 1.37 bits per heavy atom. The lowest BCUT2D eigenvalue weighted by Gasteiger charge is -2.09. The average molecular weight is 272 g/mol. The number of hydrogen-bond donors (Lipinski definition) is 1. The summed E-state index contributed by atoms with van der Waals surface area (Å²) >= 11 is 0. The van der Waals surface area contributed by atoms with Crippen LogP contribution in [0.25, 0.3) is 5.69 Å². The van der Waals surface area contributed by atoms with Gasteiger partial charge >= 0.3 is 6.18 Å². The van der Waals surface area contributed by atoms with Gasteiger partial charge in [-0.15, -0.1) is 5.10 Å². The van der Waals surface area contributed by atoms with Gasteiger partial charge in [0.1, 0.15) is 5.82 Å². The predicted octanol–water partition coefficient (Wildman–Crippen LogP) is 2.27. The van der Waals surface area contributed by atoms with E-state index in [-0.39, 0.29) is 24.0 Å². The van der Waals surface area contributed by atoms with Crippen LogP contribution in [0.2, 0.25) is 0 Å². The van der Waals surface area contributed by atoms with Crippen LogP contribution >= 0.6 is 0 Å². The van der Waals surface area contributed by atoms with Crippen molar-refractivity contribution in [3.05, 3.63) is 30.1 Å². The molecule has 0 radical (unpaired) electrons. The van der Waals surface area contributed by atoms with Crippen LogP contribution in [-0.2, 0) is 6.18 Å². The summed E-state index contributed by atoms with van der Waals surface area (Å²) in [6, 6.07) is 3.65. The highest BCUT2D eigenvalue weighted by Gasteiger charge is 2.36. The summed E-state index contributed by atoms with van der Waals surface area (Å²) in [4.78, 5) is 3.74. The molecule has 0 fully saturated rings. The van der Waals surface area contributed by atoms with Crippen molar-refractivity contribution in [1.82, 2.24) is 14.8 Å². The summed E-state index contributed by atoms with van der Waals surface area (Å²) in [6.45, 7) is 1.89. The number of ether oxygens (including phenoxy) is 1. The maximum atomic E-state index is 12.9. The van der Waals surface area contributed by atoms with E-state index in [2.05, 4.69) is 10.1 Å². The summed E-state index contributed by atoms with van der Waals surface area (Å²) < 4.78 is 44.4. The molecule has 0 aliphatic rings. The van der Waals surface area contributed by atoms with Crippen LogP contribution in [0.4, 0.5) is 19.0 Å². The molecule has 2 aromatic rings. The first kappa shape index (κ1) is 13.2. The van der Waals surface area contributed by atoms with Gasteiger partial charge in [0, 0.05) is 6.07 Å². The molecule has 8 heteroatoms. The summed E-state index contributed by atoms with van der Waals surface area (Å²) in [5.41, 5.74) is 4.63. The first-order chi connectivity index (χ1) is 8.91. The molecule has 0 amide bonds. The number of nitrogen functional groups attached to an aromatic ring is 1. The molecule has 0 saturated heterocycles. The SMILES string of the molecule is CCOc1cc(C(F)(F)F)n(-c2ccc(N)nc2)n1. The van der Waals surface area contributed by atoms with Crippen molar-refractivity contribution in [2.45, 2.75) is 13.1 Å². The van der Waals surface area contributed by atoms with E-state index in [4.69, 9.17) is 10.5 Å². The zero-order chi connectivity index (χ0) is 14.0. The topological polar surface area (TPSA) is 66.0 Å². The molecule has 5 nitrogen and oxygen atoms in total. The highest BCUT2D eigenvalue weighted by Crippen LogP contribution is 2.33. The van der Waals surface area contributed by atoms with Crippen LogP contribution < -0.4 is 10.5 Å². The maximum Gasteiger partial charge on any atom is 0.433 e. The summed E-state index contributed by atoms with van der Waals surface area (Å²) in [5, 5.41) is 3.76. The van der Waals surface area contributed by atoms with E-state index in [9.17, 15) is 13.2 Å². The minimum atomic E-state index is -4.54. The normalized spacial score (nSPS) is 11.6. The smallest absolute Gasteiger partial charge is 0.433 e. The first-order valence-corrected chi connectivity index (χ1v) is 5.43. The van der Waals surface area contributed by atoms with E-state index < -0.39 is 11.9 Å². The maximum absolute atomic E-state index is 12.9. The lowest BCUT2D eigenvalue weighted by molar-refractivity contribution is -0.142. The number of alkyl halides is 3. The van der Waals surface area contributed by atoms with E-state index in [0.29, 0.717) is 0 Å². The third-order valence-electron chi connectivity index (χ3n) is 2.28. The van der Waals surface area contributed by atoms with E-state index >= 15 is 0 Å². The Morgan fingerprint density at radius 2 is 2.11 bits per heavy atom. The van der Waals surface area contributed by atoms with Crippen LogP contribution in [0.3, 0.4) is 0 Å². The van der Waals surface area contributed by atoms with Gasteiger partial charge in [0.05, 0.1) is 18.5 Å². The van der Waals surface area contributed by atoms with Crippen molar-refractivity contribution in [3.63, 3.8) is 0 Å². The molecule has 0 aliphatic carbocycles. The summed E-state index contributed by atoms with van der Waals surface area (Å²) in [7, 11) is 0. The lowest BCUT2D eigenvalue weighted by Crippen LogP contribution is -2.13. The highest BCUT2D eigenvalue weighted by atomic mass is 19.4. The molecule has 2 heterocycles. The van der Waals surface area contributed by atoms with Crippen LogP contribution in [0, 0.1) is 0 Å². The zero-order valence-electron chi connectivity index (χ0n) is 9.98. The van der Waals surface area contributed by atoms with Gasteiger partial charge in [-0.05, 0) is 19.1 Å². The molecular formula is C11H11F3N4O. The van der Waals surface area contributed by atoms with Crippen molar-refractivity contribution in [2.24, 2.45) is 0 Å². The quantitative estimate of drug-likeness (QED) is 0.930. The van der Waals surface area contributed by atoms with Crippen molar-refractivity contribution in [3.8, 4) is 11.6 Å². The molecule has 0 aromatic carbocycles. The standard InChI is InChI=1S/C11H11F3N4O/c1-2-19-10-5-8(11(12,13)14)18(17-10)7-3-4-9(15)16-6-7/h3-6H,2H2,1H3,(H2,15,16). The Kier molecular flexibility index (Phi) is 3.32. The van der Waals surface area contributed by atoms with E-state index in [1.165, 1.54) is 18.3 Å². The third-order valence-corrected chi connectivity index (χ3v) is 2.28. The molecule has 0 aliphatic heterocycles. The third kappa shape index (κ3) is 2.78. The summed E-state index contributed by atoms with van der Waals surface area (Å²) in [5.74, 6) is 0.126. The van der Waals surface area contributed by atoms with Crippen molar-refractivity contribution in [1.29, 1.82) is 0 Å². The average Bonchev–Trinajstić information content (AvgIpc) is 2.74. The largest absolute Gasteiger partial charge is 0.477 e. The van der Waals surface area contributed by atoms with Gasteiger partial charge in [-0.1, -0.05) is 0 Å². The van der Waals surface area contributed by atoms with Gasteiger partial charge in [-0.3, -0.25) is 0 Å². The van der Waals surface area contributed by atoms with Gasteiger partial charge in [0.15, 0.2) is 5.69 Å². The van der Waals surface area contributed by atoms with Crippen LogP contribution in [-0.4, -0.2) is 21.4 Å². The Hall–Kier alpha value is -2.25. The molecule has 19 heavy (non-hydrogen) atoms. The molecule has 0 atom stereocenters.